The van der Waals surface area contributed by atoms with Crippen LogP contribution in [0.4, 0.5) is 0 Å². The summed E-state index contributed by atoms with van der Waals surface area (Å²) >= 11 is 0. The van der Waals surface area contributed by atoms with Crippen molar-refractivity contribution in [3.05, 3.63) is 41.5 Å². The first-order valence-electron chi connectivity index (χ1n) is 5.53. The summed E-state index contributed by atoms with van der Waals surface area (Å²) in [4.78, 5) is 22.8. The Balaban J connectivity index is 3.01. The molecule has 0 unspecified atom stereocenters. The number of carbonyl (C=O) groups is 2. The van der Waals surface area contributed by atoms with E-state index in [9.17, 15) is 9.59 Å². The monoisotopic (exact) mass is 248 g/mol. The third kappa shape index (κ3) is 4.41. The number of carboxylic acid groups (broad SMARTS) is 1. The van der Waals surface area contributed by atoms with E-state index >= 15 is 0 Å². The first-order valence-corrected chi connectivity index (χ1v) is 5.53. The van der Waals surface area contributed by atoms with Gasteiger partial charge in [-0.2, -0.15) is 0 Å². The molecule has 0 bridgehead atoms. The minimum atomic E-state index is -1.30. The van der Waals surface area contributed by atoms with Crippen LogP contribution in [0, 0.1) is 0 Å². The molecule has 0 aliphatic heterocycles. The van der Waals surface area contributed by atoms with E-state index in [1.165, 1.54) is 6.08 Å². The van der Waals surface area contributed by atoms with Crippen LogP contribution >= 0.6 is 0 Å². The van der Waals surface area contributed by atoms with Gasteiger partial charge in [-0.1, -0.05) is 30.3 Å². The lowest BCUT2D eigenvalue weighted by Crippen LogP contribution is -2.27. The summed E-state index contributed by atoms with van der Waals surface area (Å²) in [5, 5.41) is 9.03. The van der Waals surface area contributed by atoms with Gasteiger partial charge in [0.05, 0.1) is 0 Å². The van der Waals surface area contributed by atoms with Gasteiger partial charge in [-0.15, -0.1) is 0 Å². The van der Waals surface area contributed by atoms with Gasteiger partial charge >= 0.3 is 11.9 Å². The number of rotatable bonds is 3. The van der Waals surface area contributed by atoms with Crippen molar-refractivity contribution in [1.29, 1.82) is 0 Å². The van der Waals surface area contributed by atoms with Gasteiger partial charge in [0.25, 0.3) is 0 Å². The van der Waals surface area contributed by atoms with E-state index in [1.54, 1.807) is 45.0 Å². The largest absolute Gasteiger partial charge is 0.477 e. The van der Waals surface area contributed by atoms with E-state index in [0.717, 1.165) is 0 Å². The van der Waals surface area contributed by atoms with Gasteiger partial charge in [0.2, 0.25) is 0 Å². The molecule has 4 heteroatoms. The molecule has 0 aromatic heterocycles. The Labute approximate surface area is 106 Å². The molecule has 0 aliphatic carbocycles. The molecule has 0 fully saturated rings. The van der Waals surface area contributed by atoms with E-state index in [0.29, 0.717) is 5.56 Å². The summed E-state index contributed by atoms with van der Waals surface area (Å²) in [5.41, 5.74) is -0.459. The topological polar surface area (TPSA) is 63.6 Å². The van der Waals surface area contributed by atoms with Gasteiger partial charge in [0.15, 0.2) is 0 Å². The molecule has 1 aromatic carbocycles. The Morgan fingerprint density at radius 2 is 1.72 bits per heavy atom. The van der Waals surface area contributed by atoms with Crippen LogP contribution in [-0.4, -0.2) is 22.6 Å². The SMILES string of the molecule is CC(C)(C)OC(=O)/C(=C\c1ccccc1)C(=O)O. The first kappa shape index (κ1) is 14.0. The standard InChI is InChI=1S/C14H16O4/c1-14(2,3)18-13(17)11(12(15)16)9-10-7-5-4-6-8-10/h4-9H,1-3H3,(H,15,16)/b11-9-. The van der Waals surface area contributed by atoms with Gasteiger partial charge in [0.1, 0.15) is 11.2 Å². The van der Waals surface area contributed by atoms with E-state index < -0.39 is 17.5 Å². The second kappa shape index (κ2) is 5.49. The normalized spacial score (nSPS) is 12.1. The summed E-state index contributed by atoms with van der Waals surface area (Å²) < 4.78 is 5.05. The Hall–Kier alpha value is -2.10. The number of aliphatic carboxylic acids is 1. The van der Waals surface area contributed by atoms with Crippen LogP contribution in [0.25, 0.3) is 6.08 Å². The second-order valence-corrected chi connectivity index (χ2v) is 4.78. The fourth-order valence-corrected chi connectivity index (χ4v) is 1.26. The number of ether oxygens (including phenoxy) is 1. The fourth-order valence-electron chi connectivity index (χ4n) is 1.26. The molecule has 0 saturated heterocycles. The zero-order valence-electron chi connectivity index (χ0n) is 10.6. The second-order valence-electron chi connectivity index (χ2n) is 4.78. The summed E-state index contributed by atoms with van der Waals surface area (Å²) in [6.45, 7) is 5.06. The molecule has 1 rings (SSSR count). The highest BCUT2D eigenvalue weighted by atomic mass is 16.6. The zero-order chi connectivity index (χ0) is 13.8. The molecule has 0 saturated carbocycles. The predicted molar refractivity (Wildman–Crippen MR) is 67.9 cm³/mol. The van der Waals surface area contributed by atoms with Crippen LogP contribution in [0.5, 0.6) is 0 Å². The molecule has 96 valence electrons. The molecule has 0 radical (unpaired) electrons. The lowest BCUT2D eigenvalue weighted by Gasteiger charge is -2.19. The van der Waals surface area contributed by atoms with Gasteiger partial charge in [0, 0.05) is 0 Å². The van der Waals surface area contributed by atoms with Crippen LogP contribution < -0.4 is 0 Å². The third-order valence-electron chi connectivity index (χ3n) is 1.96. The van der Waals surface area contributed by atoms with Crippen molar-refractivity contribution in [2.24, 2.45) is 0 Å². The molecule has 0 spiro atoms. The van der Waals surface area contributed by atoms with Crippen molar-refractivity contribution in [2.75, 3.05) is 0 Å². The number of benzene rings is 1. The molecule has 1 N–H and O–H groups in total. The zero-order valence-corrected chi connectivity index (χ0v) is 10.6. The Bertz CT molecular complexity index is 466. The molecule has 18 heavy (non-hydrogen) atoms. The number of carboxylic acids is 1. The summed E-state index contributed by atoms with van der Waals surface area (Å²) in [6, 6.07) is 8.77. The quantitative estimate of drug-likeness (QED) is 0.386. The molecule has 0 aliphatic rings. The first-order chi connectivity index (χ1) is 8.29. The average molecular weight is 248 g/mol. The number of hydrogen-bond acceptors (Lipinski definition) is 3. The Morgan fingerprint density at radius 1 is 1.17 bits per heavy atom. The number of carbonyl (C=O) groups excluding carboxylic acids is 1. The van der Waals surface area contributed by atoms with E-state index in [1.807, 2.05) is 6.07 Å². The smallest absolute Gasteiger partial charge is 0.346 e. The molecule has 1 aromatic rings. The molecule has 0 amide bonds. The molecule has 4 nitrogen and oxygen atoms in total. The minimum absolute atomic E-state index is 0.379. The molecular formula is C14H16O4. The van der Waals surface area contributed by atoms with Crippen LogP contribution in [0.1, 0.15) is 26.3 Å². The predicted octanol–water partition coefficient (Wildman–Crippen LogP) is 2.50. The lowest BCUT2D eigenvalue weighted by atomic mass is 10.1. The highest BCUT2D eigenvalue weighted by Gasteiger charge is 2.24. The van der Waals surface area contributed by atoms with Crippen molar-refractivity contribution in [3.8, 4) is 0 Å². The van der Waals surface area contributed by atoms with E-state index in [4.69, 9.17) is 9.84 Å². The van der Waals surface area contributed by atoms with Gasteiger partial charge < -0.3 is 9.84 Å². The number of hydrogen-bond donors (Lipinski definition) is 1. The maximum Gasteiger partial charge on any atom is 0.346 e. The van der Waals surface area contributed by atoms with Crippen LogP contribution in [0.15, 0.2) is 35.9 Å². The van der Waals surface area contributed by atoms with Crippen molar-refractivity contribution >= 4 is 18.0 Å². The summed E-state index contributed by atoms with van der Waals surface area (Å²) in [7, 11) is 0. The van der Waals surface area contributed by atoms with Gasteiger partial charge in [-0.25, -0.2) is 9.59 Å². The van der Waals surface area contributed by atoms with E-state index in [2.05, 4.69) is 0 Å². The summed E-state index contributed by atoms with van der Waals surface area (Å²) in [5.74, 6) is -2.13. The van der Waals surface area contributed by atoms with Gasteiger partial charge in [-0.3, -0.25) is 0 Å². The van der Waals surface area contributed by atoms with E-state index in [-0.39, 0.29) is 5.57 Å². The molecule has 0 heterocycles. The molecular weight excluding hydrogens is 232 g/mol. The van der Waals surface area contributed by atoms with Gasteiger partial charge in [-0.05, 0) is 32.4 Å². The van der Waals surface area contributed by atoms with Crippen molar-refractivity contribution in [3.63, 3.8) is 0 Å². The maximum atomic E-state index is 11.7. The summed E-state index contributed by atoms with van der Waals surface area (Å²) in [6.07, 6.45) is 1.30. The Kier molecular flexibility index (Phi) is 4.26. The van der Waals surface area contributed by atoms with Crippen molar-refractivity contribution in [1.82, 2.24) is 0 Å². The highest BCUT2D eigenvalue weighted by Crippen LogP contribution is 2.14. The fraction of sp³-hybridized carbons (Fsp3) is 0.286. The third-order valence-corrected chi connectivity index (χ3v) is 1.96. The van der Waals surface area contributed by atoms with Crippen LogP contribution in [0.2, 0.25) is 0 Å². The number of esters is 1. The molecule has 0 atom stereocenters. The van der Waals surface area contributed by atoms with Crippen molar-refractivity contribution in [2.45, 2.75) is 26.4 Å². The Morgan fingerprint density at radius 3 is 2.17 bits per heavy atom. The minimum Gasteiger partial charge on any atom is -0.477 e. The lowest BCUT2D eigenvalue weighted by molar-refractivity contribution is -0.152. The average Bonchev–Trinajstić information content (AvgIpc) is 2.24. The highest BCUT2D eigenvalue weighted by molar-refractivity contribution is 6.17. The van der Waals surface area contributed by atoms with Crippen molar-refractivity contribution < 1.29 is 19.4 Å². The van der Waals surface area contributed by atoms with Crippen LogP contribution in [-0.2, 0) is 14.3 Å². The van der Waals surface area contributed by atoms with Crippen LogP contribution in [0.3, 0.4) is 0 Å². The maximum absolute atomic E-state index is 11.7.